The number of aromatic hydroxyl groups is 1. The Bertz CT molecular complexity index is 615. The third kappa shape index (κ3) is 2.41. The van der Waals surface area contributed by atoms with Crippen molar-refractivity contribution in [1.29, 1.82) is 0 Å². The fourth-order valence-electron chi connectivity index (χ4n) is 2.50. The van der Waals surface area contributed by atoms with Gasteiger partial charge in [0.05, 0.1) is 0 Å². The quantitative estimate of drug-likeness (QED) is 0.850. The van der Waals surface area contributed by atoms with E-state index in [1.54, 1.807) is 12.1 Å². The number of likely N-dealkylation sites (tertiary alicyclic amines) is 1. The second-order valence-electron chi connectivity index (χ2n) is 4.90. The monoisotopic (exact) mass is 254 g/mol. The fourth-order valence-corrected chi connectivity index (χ4v) is 2.50. The Morgan fingerprint density at radius 2 is 1.68 bits per heavy atom. The molecule has 1 fully saturated rings. The molecule has 1 amide bonds. The Labute approximate surface area is 112 Å². The fraction of sp³-hybridized carbons (Fsp3) is 0.250. The van der Waals surface area contributed by atoms with E-state index in [4.69, 9.17) is 0 Å². The van der Waals surface area contributed by atoms with Crippen molar-refractivity contribution in [3.63, 3.8) is 0 Å². The van der Waals surface area contributed by atoms with Crippen LogP contribution in [0.3, 0.4) is 0 Å². The molecule has 1 aliphatic rings. The van der Waals surface area contributed by atoms with E-state index in [2.05, 4.69) is 6.42 Å². The highest BCUT2D eigenvalue weighted by Crippen LogP contribution is 2.22. The van der Waals surface area contributed by atoms with Crippen LogP contribution in [0.5, 0.6) is 5.75 Å². The van der Waals surface area contributed by atoms with Crippen molar-refractivity contribution in [1.82, 2.24) is 4.90 Å². The largest absolute Gasteiger partial charge is 0.508 e. The van der Waals surface area contributed by atoms with Crippen LogP contribution in [0, 0.1) is 6.42 Å². The summed E-state index contributed by atoms with van der Waals surface area (Å²) in [7, 11) is 0. The molecule has 3 rings (SSSR count). The summed E-state index contributed by atoms with van der Waals surface area (Å²) in [6, 6.07) is 10.8. The number of rotatable bonds is 1. The number of amides is 1. The van der Waals surface area contributed by atoms with Crippen LogP contribution >= 0.6 is 0 Å². The zero-order chi connectivity index (χ0) is 13.2. The van der Waals surface area contributed by atoms with Crippen molar-refractivity contribution in [3.8, 4) is 5.75 Å². The minimum absolute atomic E-state index is 0.100. The van der Waals surface area contributed by atoms with Gasteiger partial charge in [-0.1, -0.05) is 12.1 Å². The number of fused-ring (bicyclic) bond motifs is 1. The molecular formula is C16H16NO2. The molecule has 0 unspecified atom stereocenters. The average Bonchev–Trinajstić information content (AvgIpc) is 2.47. The van der Waals surface area contributed by atoms with Gasteiger partial charge in [0, 0.05) is 18.7 Å². The number of nitrogens with zero attached hydrogens (tertiary/aromatic N) is 1. The van der Waals surface area contributed by atoms with Crippen LogP contribution in [0.1, 0.15) is 23.2 Å². The molecule has 1 heterocycles. The third-order valence-electron chi connectivity index (χ3n) is 3.56. The minimum atomic E-state index is 0.100. The van der Waals surface area contributed by atoms with E-state index in [0.717, 1.165) is 42.3 Å². The third-order valence-corrected chi connectivity index (χ3v) is 3.56. The van der Waals surface area contributed by atoms with Crippen molar-refractivity contribution < 1.29 is 9.90 Å². The summed E-state index contributed by atoms with van der Waals surface area (Å²) in [6.45, 7) is 1.62. The maximum Gasteiger partial charge on any atom is 0.253 e. The highest BCUT2D eigenvalue weighted by Gasteiger charge is 2.18. The first-order chi connectivity index (χ1) is 9.24. The summed E-state index contributed by atoms with van der Waals surface area (Å²) in [6.07, 6.45) is 4.19. The summed E-state index contributed by atoms with van der Waals surface area (Å²) < 4.78 is 0. The van der Waals surface area contributed by atoms with Gasteiger partial charge in [-0.25, -0.2) is 0 Å². The zero-order valence-electron chi connectivity index (χ0n) is 10.7. The first-order valence-electron chi connectivity index (χ1n) is 6.58. The molecule has 1 aliphatic heterocycles. The van der Waals surface area contributed by atoms with E-state index >= 15 is 0 Å². The lowest BCUT2D eigenvalue weighted by atomic mass is 10.0. The summed E-state index contributed by atoms with van der Waals surface area (Å²) >= 11 is 0. The van der Waals surface area contributed by atoms with Crippen LogP contribution in [0.4, 0.5) is 0 Å². The van der Waals surface area contributed by atoms with E-state index in [-0.39, 0.29) is 11.7 Å². The van der Waals surface area contributed by atoms with Crippen LogP contribution in [0.25, 0.3) is 10.8 Å². The molecule has 0 spiro atoms. The summed E-state index contributed by atoms with van der Waals surface area (Å²) in [4.78, 5) is 14.3. The second kappa shape index (κ2) is 4.92. The van der Waals surface area contributed by atoms with Gasteiger partial charge in [0.15, 0.2) is 0 Å². The summed E-state index contributed by atoms with van der Waals surface area (Å²) in [5.74, 6) is 0.348. The van der Waals surface area contributed by atoms with Gasteiger partial charge in [0.2, 0.25) is 0 Å². The van der Waals surface area contributed by atoms with Gasteiger partial charge < -0.3 is 10.0 Å². The van der Waals surface area contributed by atoms with Crippen LogP contribution in [-0.4, -0.2) is 29.0 Å². The Kier molecular flexibility index (Phi) is 3.11. The van der Waals surface area contributed by atoms with E-state index < -0.39 is 0 Å². The number of hydrogen-bond acceptors (Lipinski definition) is 2. The molecule has 0 aliphatic carbocycles. The van der Waals surface area contributed by atoms with Gasteiger partial charge in [0.1, 0.15) is 5.75 Å². The Morgan fingerprint density at radius 1 is 1.00 bits per heavy atom. The number of carbonyl (C=O) groups excluding carboxylic acids is 1. The lowest BCUT2D eigenvalue weighted by Gasteiger charge is -2.26. The molecular weight excluding hydrogens is 238 g/mol. The normalized spacial score (nSPS) is 15.7. The number of benzene rings is 2. The molecule has 1 saturated heterocycles. The van der Waals surface area contributed by atoms with Crippen molar-refractivity contribution in [2.24, 2.45) is 0 Å². The van der Waals surface area contributed by atoms with Crippen LogP contribution < -0.4 is 0 Å². The Balaban J connectivity index is 1.92. The second-order valence-corrected chi connectivity index (χ2v) is 4.90. The van der Waals surface area contributed by atoms with E-state index in [1.807, 2.05) is 29.2 Å². The molecule has 3 heteroatoms. The summed E-state index contributed by atoms with van der Waals surface area (Å²) in [5.41, 5.74) is 0.722. The number of phenolic OH excluding ortho intramolecular Hbond substituents is 1. The molecule has 0 saturated carbocycles. The van der Waals surface area contributed by atoms with Crippen LogP contribution in [0.15, 0.2) is 36.4 Å². The predicted molar refractivity (Wildman–Crippen MR) is 75.1 cm³/mol. The molecule has 2 aromatic rings. The summed E-state index contributed by atoms with van der Waals surface area (Å²) in [5, 5.41) is 11.4. The van der Waals surface area contributed by atoms with Gasteiger partial charge >= 0.3 is 0 Å². The Morgan fingerprint density at radius 3 is 2.47 bits per heavy atom. The first kappa shape index (κ1) is 12.0. The highest BCUT2D eigenvalue weighted by atomic mass is 16.3. The van der Waals surface area contributed by atoms with Gasteiger partial charge in [0.25, 0.3) is 5.91 Å². The molecule has 97 valence electrons. The average molecular weight is 254 g/mol. The molecule has 0 atom stereocenters. The van der Waals surface area contributed by atoms with E-state index in [1.165, 1.54) is 0 Å². The molecule has 1 radical (unpaired) electrons. The van der Waals surface area contributed by atoms with Gasteiger partial charge in [-0.05, 0) is 54.3 Å². The minimum Gasteiger partial charge on any atom is -0.508 e. The van der Waals surface area contributed by atoms with E-state index in [0.29, 0.717) is 0 Å². The number of hydrogen-bond donors (Lipinski definition) is 1. The van der Waals surface area contributed by atoms with E-state index in [9.17, 15) is 9.90 Å². The first-order valence-corrected chi connectivity index (χ1v) is 6.58. The van der Waals surface area contributed by atoms with Gasteiger partial charge in [-0.3, -0.25) is 4.79 Å². The van der Waals surface area contributed by atoms with Crippen LogP contribution in [0.2, 0.25) is 0 Å². The SMILES string of the molecule is O=C(c1ccc2cc(O)ccc2c1)N1CC[CH]CC1. The maximum atomic E-state index is 12.4. The molecule has 19 heavy (non-hydrogen) atoms. The zero-order valence-corrected chi connectivity index (χ0v) is 10.7. The molecule has 1 N–H and O–H groups in total. The van der Waals surface area contributed by atoms with Crippen molar-refractivity contribution in [2.75, 3.05) is 13.1 Å². The van der Waals surface area contributed by atoms with Crippen molar-refractivity contribution >= 4 is 16.7 Å². The van der Waals surface area contributed by atoms with Crippen LogP contribution in [-0.2, 0) is 0 Å². The topological polar surface area (TPSA) is 40.5 Å². The smallest absolute Gasteiger partial charge is 0.253 e. The Hall–Kier alpha value is -2.03. The predicted octanol–water partition coefficient (Wildman–Crippen LogP) is 2.99. The maximum absolute atomic E-state index is 12.4. The standard InChI is InChI=1S/C16H16NO2/c18-15-7-6-12-10-14(5-4-13(12)11-15)16(19)17-8-2-1-3-9-17/h1,4-7,10-11,18H,2-3,8-9H2. The molecule has 3 nitrogen and oxygen atoms in total. The number of carbonyl (C=O) groups is 1. The lowest BCUT2D eigenvalue weighted by molar-refractivity contribution is 0.0742. The molecule has 2 aromatic carbocycles. The molecule has 0 bridgehead atoms. The van der Waals surface area contributed by atoms with Crippen molar-refractivity contribution in [2.45, 2.75) is 12.8 Å². The van der Waals surface area contributed by atoms with Gasteiger partial charge in [-0.15, -0.1) is 0 Å². The number of phenols is 1. The van der Waals surface area contributed by atoms with Crippen molar-refractivity contribution in [3.05, 3.63) is 48.4 Å². The highest BCUT2D eigenvalue weighted by molar-refractivity contribution is 5.98. The number of piperidine rings is 1. The lowest BCUT2D eigenvalue weighted by Crippen LogP contribution is -2.35. The van der Waals surface area contributed by atoms with Gasteiger partial charge in [-0.2, -0.15) is 0 Å². The molecule has 0 aromatic heterocycles.